The molecule has 0 aliphatic rings. The fraction of sp³-hybridized carbons (Fsp3) is 0.467. The van der Waals surface area contributed by atoms with Gasteiger partial charge >= 0.3 is 5.97 Å². The van der Waals surface area contributed by atoms with Crippen LogP contribution in [0.3, 0.4) is 0 Å². The summed E-state index contributed by atoms with van der Waals surface area (Å²) in [7, 11) is 0. The van der Waals surface area contributed by atoms with E-state index in [9.17, 15) is 9.59 Å². The van der Waals surface area contributed by atoms with Gasteiger partial charge in [-0.25, -0.2) is 4.79 Å². The molecule has 0 aromatic heterocycles. The maximum Gasteiger partial charge on any atom is 0.326 e. The van der Waals surface area contributed by atoms with Gasteiger partial charge in [-0.15, -0.1) is 0 Å². The Morgan fingerprint density at radius 3 is 2.50 bits per heavy atom. The monoisotopic (exact) mass is 279 g/mol. The highest BCUT2D eigenvalue weighted by atomic mass is 16.5. The number of benzene rings is 1. The van der Waals surface area contributed by atoms with Crippen molar-refractivity contribution < 1.29 is 19.4 Å². The number of nitrogens with one attached hydrogen (secondary N) is 1. The Kier molecular flexibility index (Phi) is 6.56. The van der Waals surface area contributed by atoms with Crippen LogP contribution in [0.2, 0.25) is 0 Å². The van der Waals surface area contributed by atoms with Gasteiger partial charge in [0.1, 0.15) is 11.8 Å². The molecule has 0 aliphatic carbocycles. The predicted molar refractivity (Wildman–Crippen MR) is 75.8 cm³/mol. The summed E-state index contributed by atoms with van der Waals surface area (Å²) in [6.45, 7) is 3.75. The maximum atomic E-state index is 11.7. The third-order valence-electron chi connectivity index (χ3n) is 2.87. The number of unbranched alkanes of at least 4 members (excludes halogenated alkanes) is 1. The van der Waals surface area contributed by atoms with E-state index in [0.29, 0.717) is 12.2 Å². The largest absolute Gasteiger partial charge is 0.484 e. The van der Waals surface area contributed by atoms with Crippen molar-refractivity contribution in [3.63, 3.8) is 0 Å². The SMILES string of the molecule is CCCCC(NC(=O)COc1ccc(C)cc1)C(=O)O. The summed E-state index contributed by atoms with van der Waals surface area (Å²) in [5, 5.41) is 11.5. The molecule has 0 bridgehead atoms. The Balaban J connectivity index is 2.41. The quantitative estimate of drug-likeness (QED) is 0.764. The van der Waals surface area contributed by atoms with Crippen LogP contribution in [0.4, 0.5) is 0 Å². The molecule has 5 heteroatoms. The minimum absolute atomic E-state index is 0.182. The van der Waals surface area contributed by atoms with Gasteiger partial charge in [0.05, 0.1) is 0 Å². The first-order chi connectivity index (χ1) is 9.52. The normalized spacial score (nSPS) is 11.7. The van der Waals surface area contributed by atoms with Gasteiger partial charge in [-0.3, -0.25) is 4.79 Å². The maximum absolute atomic E-state index is 11.7. The molecule has 1 aromatic carbocycles. The second kappa shape index (κ2) is 8.19. The van der Waals surface area contributed by atoms with Gasteiger partial charge in [-0.05, 0) is 25.5 Å². The fourth-order valence-corrected chi connectivity index (χ4v) is 1.69. The van der Waals surface area contributed by atoms with Gasteiger partial charge in [0, 0.05) is 0 Å². The highest BCUT2D eigenvalue weighted by molar-refractivity contribution is 5.84. The van der Waals surface area contributed by atoms with Crippen LogP contribution in [0.5, 0.6) is 5.75 Å². The lowest BCUT2D eigenvalue weighted by Crippen LogP contribution is -2.42. The Hall–Kier alpha value is -2.04. The van der Waals surface area contributed by atoms with Gasteiger partial charge in [0.25, 0.3) is 5.91 Å². The summed E-state index contributed by atoms with van der Waals surface area (Å²) < 4.78 is 5.30. The first-order valence-electron chi connectivity index (χ1n) is 6.74. The van der Waals surface area contributed by atoms with E-state index in [1.54, 1.807) is 12.1 Å². The summed E-state index contributed by atoms with van der Waals surface area (Å²) in [6, 6.07) is 6.47. The Morgan fingerprint density at radius 1 is 1.30 bits per heavy atom. The number of hydrogen-bond acceptors (Lipinski definition) is 3. The van der Waals surface area contributed by atoms with Gasteiger partial charge in [-0.2, -0.15) is 0 Å². The predicted octanol–water partition coefficient (Wildman–Crippen LogP) is 2.13. The van der Waals surface area contributed by atoms with E-state index in [1.807, 2.05) is 26.0 Å². The number of carboxylic acid groups (broad SMARTS) is 1. The molecule has 0 spiro atoms. The number of carboxylic acids is 1. The van der Waals surface area contributed by atoms with Crippen LogP contribution in [-0.2, 0) is 9.59 Å². The van der Waals surface area contributed by atoms with Crippen molar-refractivity contribution in [2.75, 3.05) is 6.61 Å². The molecule has 2 N–H and O–H groups in total. The molecule has 1 aromatic rings. The highest BCUT2D eigenvalue weighted by Gasteiger charge is 2.19. The second-order valence-corrected chi connectivity index (χ2v) is 4.70. The van der Waals surface area contributed by atoms with E-state index in [0.717, 1.165) is 18.4 Å². The lowest BCUT2D eigenvalue weighted by molar-refractivity contribution is -0.142. The number of amides is 1. The van der Waals surface area contributed by atoms with Crippen molar-refractivity contribution in [2.45, 2.75) is 39.2 Å². The smallest absolute Gasteiger partial charge is 0.326 e. The van der Waals surface area contributed by atoms with Crippen LogP contribution >= 0.6 is 0 Å². The minimum atomic E-state index is -1.01. The molecule has 0 heterocycles. The average molecular weight is 279 g/mol. The zero-order valence-electron chi connectivity index (χ0n) is 11.9. The van der Waals surface area contributed by atoms with Crippen molar-refractivity contribution >= 4 is 11.9 Å². The molecule has 0 radical (unpaired) electrons. The number of hydrogen-bond donors (Lipinski definition) is 2. The van der Waals surface area contributed by atoms with E-state index >= 15 is 0 Å². The van der Waals surface area contributed by atoms with Crippen LogP contribution in [0, 0.1) is 6.92 Å². The Morgan fingerprint density at radius 2 is 1.95 bits per heavy atom. The minimum Gasteiger partial charge on any atom is -0.484 e. The lowest BCUT2D eigenvalue weighted by Gasteiger charge is -2.14. The topological polar surface area (TPSA) is 75.6 Å². The summed E-state index contributed by atoms with van der Waals surface area (Å²) in [5.74, 6) is -0.845. The molecule has 0 fully saturated rings. The lowest BCUT2D eigenvalue weighted by atomic mass is 10.1. The fourth-order valence-electron chi connectivity index (χ4n) is 1.69. The molecule has 1 atom stereocenters. The first kappa shape index (κ1) is 16.0. The molecule has 1 rings (SSSR count). The van der Waals surface area contributed by atoms with Crippen molar-refractivity contribution in [2.24, 2.45) is 0 Å². The van der Waals surface area contributed by atoms with Crippen molar-refractivity contribution in [3.05, 3.63) is 29.8 Å². The zero-order chi connectivity index (χ0) is 15.0. The molecule has 0 saturated carbocycles. The van der Waals surface area contributed by atoms with Gasteiger partial charge in [0.2, 0.25) is 0 Å². The first-order valence-corrected chi connectivity index (χ1v) is 6.74. The molecule has 110 valence electrons. The van der Waals surface area contributed by atoms with Crippen LogP contribution in [-0.4, -0.2) is 29.6 Å². The number of carbonyl (C=O) groups is 2. The van der Waals surface area contributed by atoms with Crippen LogP contribution in [0.15, 0.2) is 24.3 Å². The van der Waals surface area contributed by atoms with Crippen LogP contribution in [0.1, 0.15) is 31.7 Å². The zero-order valence-corrected chi connectivity index (χ0v) is 11.9. The molecule has 1 amide bonds. The van der Waals surface area contributed by atoms with Crippen molar-refractivity contribution in [1.82, 2.24) is 5.32 Å². The Bertz CT molecular complexity index is 442. The molecular formula is C15H21NO4. The number of ether oxygens (including phenoxy) is 1. The second-order valence-electron chi connectivity index (χ2n) is 4.70. The molecule has 20 heavy (non-hydrogen) atoms. The summed E-state index contributed by atoms with van der Waals surface area (Å²) in [4.78, 5) is 22.7. The van der Waals surface area contributed by atoms with Gasteiger partial charge in [0.15, 0.2) is 6.61 Å². The Labute approximate surface area is 118 Å². The van der Waals surface area contributed by atoms with E-state index in [1.165, 1.54) is 0 Å². The average Bonchev–Trinajstić information content (AvgIpc) is 2.42. The van der Waals surface area contributed by atoms with Crippen molar-refractivity contribution in [1.29, 1.82) is 0 Å². The molecule has 0 aliphatic heterocycles. The van der Waals surface area contributed by atoms with E-state index in [2.05, 4.69) is 5.32 Å². The third kappa shape index (κ3) is 5.73. The molecule has 5 nitrogen and oxygen atoms in total. The molecular weight excluding hydrogens is 258 g/mol. The van der Waals surface area contributed by atoms with Gasteiger partial charge < -0.3 is 15.2 Å². The summed E-state index contributed by atoms with van der Waals surface area (Å²) in [6.07, 6.45) is 2.08. The van der Waals surface area contributed by atoms with E-state index in [-0.39, 0.29) is 6.61 Å². The van der Waals surface area contributed by atoms with Crippen LogP contribution < -0.4 is 10.1 Å². The number of carbonyl (C=O) groups excluding carboxylic acids is 1. The number of rotatable bonds is 8. The molecule has 0 saturated heterocycles. The summed E-state index contributed by atoms with van der Waals surface area (Å²) >= 11 is 0. The summed E-state index contributed by atoms with van der Waals surface area (Å²) in [5.41, 5.74) is 1.10. The van der Waals surface area contributed by atoms with Gasteiger partial charge in [-0.1, -0.05) is 37.5 Å². The van der Waals surface area contributed by atoms with Crippen LogP contribution in [0.25, 0.3) is 0 Å². The molecule has 1 unspecified atom stereocenters. The standard InChI is InChI=1S/C15H21NO4/c1-3-4-5-13(15(18)19)16-14(17)10-20-12-8-6-11(2)7-9-12/h6-9,13H,3-5,10H2,1-2H3,(H,16,17)(H,18,19). The number of aryl methyl sites for hydroxylation is 1. The van der Waals surface area contributed by atoms with Crippen molar-refractivity contribution in [3.8, 4) is 5.75 Å². The highest BCUT2D eigenvalue weighted by Crippen LogP contribution is 2.11. The number of aliphatic carboxylic acids is 1. The van der Waals surface area contributed by atoms with E-state index in [4.69, 9.17) is 9.84 Å². The third-order valence-corrected chi connectivity index (χ3v) is 2.87. The van der Waals surface area contributed by atoms with E-state index < -0.39 is 17.9 Å².